The van der Waals surface area contributed by atoms with Gasteiger partial charge in [-0.1, -0.05) is 54.6 Å². The molecule has 0 aliphatic carbocycles. The van der Waals surface area contributed by atoms with E-state index in [1.807, 2.05) is 30.6 Å². The van der Waals surface area contributed by atoms with Crippen LogP contribution in [0.4, 0.5) is 0 Å². The standard InChI is InChI=1S/C29H31N5O2/c35-19-22-7-4-8-24(17-22)28-31-26(23-11-15-36-16-12-23)27-29(32-28)34(20-30-27)25-9-13-33(14-10-25)18-21-5-2-1-3-6-21/h1-8,11,17,20,25,35H,9-10,12-16,18-19H2. The number of aromatic nitrogens is 4. The van der Waals surface area contributed by atoms with Crippen LogP contribution in [0.25, 0.3) is 28.1 Å². The second-order valence-electron chi connectivity index (χ2n) is 9.63. The van der Waals surface area contributed by atoms with Gasteiger partial charge in [-0.2, -0.15) is 0 Å². The normalized spacial score (nSPS) is 17.4. The summed E-state index contributed by atoms with van der Waals surface area (Å²) >= 11 is 0. The Morgan fingerprint density at radius 2 is 1.81 bits per heavy atom. The van der Waals surface area contributed by atoms with Crippen molar-refractivity contribution in [2.24, 2.45) is 0 Å². The van der Waals surface area contributed by atoms with E-state index >= 15 is 0 Å². The number of ether oxygens (including phenoxy) is 1. The molecule has 6 rings (SSSR count). The van der Waals surface area contributed by atoms with Crippen LogP contribution in [-0.4, -0.2) is 55.8 Å². The van der Waals surface area contributed by atoms with Crippen molar-refractivity contribution in [1.82, 2.24) is 24.4 Å². The number of likely N-dealkylation sites (tertiary alicyclic amines) is 1. The zero-order chi connectivity index (χ0) is 24.3. The fourth-order valence-corrected chi connectivity index (χ4v) is 5.28. The molecule has 36 heavy (non-hydrogen) atoms. The minimum Gasteiger partial charge on any atom is -0.392 e. The zero-order valence-corrected chi connectivity index (χ0v) is 20.4. The molecule has 2 aliphatic rings. The molecule has 4 heterocycles. The summed E-state index contributed by atoms with van der Waals surface area (Å²) in [6.07, 6.45) is 6.99. The Morgan fingerprint density at radius 3 is 2.58 bits per heavy atom. The lowest BCUT2D eigenvalue weighted by atomic mass is 10.0. The SMILES string of the molecule is OCc1cccc(-c2nc(C3=CCOCC3)c3ncn(C4CCN(Cc5ccccc5)CC4)c3n2)c1. The Bertz CT molecular complexity index is 1370. The quantitative estimate of drug-likeness (QED) is 0.433. The molecule has 0 saturated carbocycles. The smallest absolute Gasteiger partial charge is 0.164 e. The van der Waals surface area contributed by atoms with Crippen molar-refractivity contribution >= 4 is 16.7 Å². The van der Waals surface area contributed by atoms with Crippen LogP contribution >= 0.6 is 0 Å². The number of fused-ring (bicyclic) bond motifs is 1. The molecule has 0 atom stereocenters. The lowest BCUT2D eigenvalue weighted by Crippen LogP contribution is -2.34. The van der Waals surface area contributed by atoms with E-state index in [0.717, 1.165) is 72.5 Å². The summed E-state index contributed by atoms with van der Waals surface area (Å²) in [5.74, 6) is 0.670. The predicted octanol–water partition coefficient (Wildman–Crippen LogP) is 4.63. The van der Waals surface area contributed by atoms with Gasteiger partial charge in [0.15, 0.2) is 11.5 Å². The van der Waals surface area contributed by atoms with Crippen LogP contribution in [0.5, 0.6) is 0 Å². The first kappa shape index (κ1) is 23.0. The van der Waals surface area contributed by atoms with E-state index in [9.17, 15) is 5.11 Å². The van der Waals surface area contributed by atoms with Crippen LogP contribution in [0.15, 0.2) is 67.0 Å². The number of aliphatic hydroxyl groups is 1. The maximum atomic E-state index is 9.65. The van der Waals surface area contributed by atoms with E-state index in [2.05, 4.69) is 45.9 Å². The molecule has 1 N–H and O–H groups in total. The monoisotopic (exact) mass is 481 g/mol. The minimum absolute atomic E-state index is 0.00901. The molecule has 2 aliphatic heterocycles. The Kier molecular flexibility index (Phi) is 6.59. The Balaban J connectivity index is 1.34. The fraction of sp³-hybridized carbons (Fsp3) is 0.345. The van der Waals surface area contributed by atoms with Gasteiger partial charge in [0.1, 0.15) is 5.52 Å². The summed E-state index contributed by atoms with van der Waals surface area (Å²) in [6, 6.07) is 18.9. The highest BCUT2D eigenvalue weighted by atomic mass is 16.5. The molecule has 7 heteroatoms. The third kappa shape index (κ3) is 4.69. The van der Waals surface area contributed by atoms with Gasteiger partial charge in [0.05, 0.1) is 31.8 Å². The first-order chi connectivity index (χ1) is 17.8. The molecule has 0 amide bonds. The van der Waals surface area contributed by atoms with Gasteiger partial charge in [-0.15, -0.1) is 0 Å². The first-order valence-corrected chi connectivity index (χ1v) is 12.8. The second kappa shape index (κ2) is 10.3. The van der Waals surface area contributed by atoms with Crippen molar-refractivity contribution in [2.45, 2.75) is 38.5 Å². The van der Waals surface area contributed by atoms with E-state index in [0.29, 0.717) is 25.1 Å². The Morgan fingerprint density at radius 1 is 0.972 bits per heavy atom. The molecular formula is C29H31N5O2. The van der Waals surface area contributed by atoms with Crippen molar-refractivity contribution in [3.8, 4) is 11.4 Å². The number of nitrogens with zero attached hydrogens (tertiary/aromatic N) is 5. The fourth-order valence-electron chi connectivity index (χ4n) is 5.28. The highest BCUT2D eigenvalue weighted by molar-refractivity contribution is 5.87. The van der Waals surface area contributed by atoms with Gasteiger partial charge in [0.25, 0.3) is 0 Å². The molecular weight excluding hydrogens is 450 g/mol. The number of benzene rings is 2. The maximum absolute atomic E-state index is 9.65. The summed E-state index contributed by atoms with van der Waals surface area (Å²) in [5.41, 5.74) is 6.92. The number of piperidine rings is 1. The van der Waals surface area contributed by atoms with Crippen LogP contribution < -0.4 is 0 Å². The van der Waals surface area contributed by atoms with E-state index in [-0.39, 0.29) is 6.61 Å². The molecule has 1 fully saturated rings. The summed E-state index contributed by atoms with van der Waals surface area (Å²) < 4.78 is 7.82. The molecule has 0 spiro atoms. The zero-order valence-electron chi connectivity index (χ0n) is 20.4. The number of imidazole rings is 1. The van der Waals surface area contributed by atoms with Gasteiger partial charge < -0.3 is 14.4 Å². The third-order valence-electron chi connectivity index (χ3n) is 7.26. The lowest BCUT2D eigenvalue weighted by molar-refractivity contribution is 0.161. The van der Waals surface area contributed by atoms with Gasteiger partial charge in [0.2, 0.25) is 0 Å². The van der Waals surface area contributed by atoms with Gasteiger partial charge >= 0.3 is 0 Å². The summed E-state index contributed by atoms with van der Waals surface area (Å²) in [4.78, 5) is 17.4. The molecule has 1 saturated heterocycles. The van der Waals surface area contributed by atoms with Gasteiger partial charge in [-0.05, 0) is 42.0 Å². The molecule has 7 nitrogen and oxygen atoms in total. The van der Waals surface area contributed by atoms with E-state index in [4.69, 9.17) is 19.7 Å². The largest absolute Gasteiger partial charge is 0.392 e. The molecule has 0 radical (unpaired) electrons. The number of aliphatic hydroxyl groups excluding tert-OH is 1. The van der Waals surface area contributed by atoms with Crippen LogP contribution in [0.2, 0.25) is 0 Å². The van der Waals surface area contributed by atoms with Crippen molar-refractivity contribution in [3.05, 3.63) is 83.8 Å². The summed E-state index contributed by atoms with van der Waals surface area (Å²) in [5, 5.41) is 9.65. The third-order valence-corrected chi connectivity index (χ3v) is 7.26. The minimum atomic E-state index is -0.00901. The van der Waals surface area contributed by atoms with Crippen LogP contribution in [-0.2, 0) is 17.9 Å². The van der Waals surface area contributed by atoms with Gasteiger partial charge in [-0.25, -0.2) is 15.0 Å². The molecule has 2 aromatic carbocycles. The molecule has 0 unspecified atom stereocenters. The number of hydrogen-bond donors (Lipinski definition) is 1. The molecule has 2 aromatic heterocycles. The highest BCUT2D eigenvalue weighted by Gasteiger charge is 2.25. The predicted molar refractivity (Wildman–Crippen MR) is 140 cm³/mol. The van der Waals surface area contributed by atoms with E-state index in [1.165, 1.54) is 5.56 Å². The maximum Gasteiger partial charge on any atom is 0.164 e. The van der Waals surface area contributed by atoms with Crippen molar-refractivity contribution in [2.75, 3.05) is 26.3 Å². The summed E-state index contributed by atoms with van der Waals surface area (Å²) in [7, 11) is 0. The van der Waals surface area contributed by atoms with E-state index in [1.54, 1.807) is 0 Å². The lowest BCUT2D eigenvalue weighted by Gasteiger charge is -2.32. The van der Waals surface area contributed by atoms with Crippen molar-refractivity contribution in [1.29, 1.82) is 0 Å². The molecule has 4 aromatic rings. The van der Waals surface area contributed by atoms with Crippen molar-refractivity contribution in [3.63, 3.8) is 0 Å². The van der Waals surface area contributed by atoms with Crippen LogP contribution in [0.3, 0.4) is 0 Å². The Labute approximate surface area is 211 Å². The Hall–Kier alpha value is -3.39. The first-order valence-electron chi connectivity index (χ1n) is 12.8. The highest BCUT2D eigenvalue weighted by Crippen LogP contribution is 2.32. The average molecular weight is 482 g/mol. The van der Waals surface area contributed by atoms with Gasteiger partial charge in [0, 0.05) is 31.2 Å². The molecule has 184 valence electrons. The topological polar surface area (TPSA) is 76.3 Å². The summed E-state index contributed by atoms with van der Waals surface area (Å²) in [6.45, 7) is 4.36. The van der Waals surface area contributed by atoms with E-state index < -0.39 is 0 Å². The second-order valence-corrected chi connectivity index (χ2v) is 9.63. The van der Waals surface area contributed by atoms with Crippen LogP contribution in [0.1, 0.15) is 42.1 Å². The number of hydrogen-bond acceptors (Lipinski definition) is 6. The van der Waals surface area contributed by atoms with Gasteiger partial charge in [-0.3, -0.25) is 4.90 Å². The average Bonchev–Trinajstić information content (AvgIpc) is 3.38. The number of rotatable bonds is 6. The van der Waals surface area contributed by atoms with Crippen molar-refractivity contribution < 1.29 is 9.84 Å². The molecule has 0 bridgehead atoms. The van der Waals surface area contributed by atoms with Crippen LogP contribution in [0, 0.1) is 0 Å².